The Bertz CT molecular complexity index is 1270. The molecule has 0 radical (unpaired) electrons. The molecule has 0 bridgehead atoms. The standard InChI is InChI=1S/C21H22F2N4O4S/c1-21(2,3)18(26(4)20(28)29)15-12-17(27(25-15)16-9-6-10-24-19(16)23)32(30,31)14-8-5-7-13(22)11-14/h5-12,18H,1-4H3,(H,28,29). The molecule has 1 atom stereocenters. The van der Waals surface area contributed by atoms with Gasteiger partial charge in [0.15, 0.2) is 5.03 Å². The molecule has 0 saturated carbocycles. The van der Waals surface area contributed by atoms with Crippen LogP contribution in [0, 0.1) is 17.2 Å². The van der Waals surface area contributed by atoms with Crippen molar-refractivity contribution in [1.82, 2.24) is 19.7 Å². The number of carboxylic acid groups (broad SMARTS) is 1. The topological polar surface area (TPSA) is 105 Å². The summed E-state index contributed by atoms with van der Waals surface area (Å²) in [5.41, 5.74) is -0.861. The van der Waals surface area contributed by atoms with Crippen LogP contribution in [0.4, 0.5) is 13.6 Å². The van der Waals surface area contributed by atoms with Gasteiger partial charge in [-0.05, 0) is 35.7 Å². The maximum Gasteiger partial charge on any atom is 0.407 e. The van der Waals surface area contributed by atoms with Crippen molar-refractivity contribution in [3.8, 4) is 5.69 Å². The highest BCUT2D eigenvalue weighted by Gasteiger charge is 2.37. The Morgan fingerprint density at radius 3 is 2.41 bits per heavy atom. The third-order valence-electron chi connectivity index (χ3n) is 4.83. The zero-order valence-corrected chi connectivity index (χ0v) is 18.6. The van der Waals surface area contributed by atoms with Crippen molar-refractivity contribution >= 4 is 15.9 Å². The highest BCUT2D eigenvalue weighted by atomic mass is 32.2. The lowest BCUT2D eigenvalue weighted by atomic mass is 9.84. The Kier molecular flexibility index (Phi) is 6.05. The molecule has 0 aliphatic rings. The van der Waals surface area contributed by atoms with Gasteiger partial charge in [0.25, 0.3) is 0 Å². The molecule has 1 unspecified atom stereocenters. The molecule has 1 amide bonds. The van der Waals surface area contributed by atoms with E-state index in [0.717, 1.165) is 21.7 Å². The molecular formula is C21H22F2N4O4S. The number of carbonyl (C=O) groups is 1. The lowest BCUT2D eigenvalue weighted by Gasteiger charge is -2.35. The number of hydrogen-bond donors (Lipinski definition) is 1. The Labute approximate surface area is 184 Å². The van der Waals surface area contributed by atoms with Crippen molar-refractivity contribution in [3.05, 3.63) is 66.1 Å². The maximum absolute atomic E-state index is 14.5. The van der Waals surface area contributed by atoms with E-state index in [1.165, 1.54) is 43.6 Å². The second kappa shape index (κ2) is 8.30. The number of sulfone groups is 1. The smallest absolute Gasteiger partial charge is 0.407 e. The second-order valence-electron chi connectivity index (χ2n) is 8.26. The fourth-order valence-corrected chi connectivity index (χ4v) is 4.91. The summed E-state index contributed by atoms with van der Waals surface area (Å²) in [6, 6.07) is 7.39. The van der Waals surface area contributed by atoms with Gasteiger partial charge in [0.05, 0.1) is 16.6 Å². The van der Waals surface area contributed by atoms with E-state index in [0.29, 0.717) is 0 Å². The Hall–Kier alpha value is -3.34. The van der Waals surface area contributed by atoms with Crippen LogP contribution in [-0.4, -0.2) is 46.3 Å². The molecule has 3 aromatic rings. The zero-order chi connectivity index (χ0) is 23.8. The van der Waals surface area contributed by atoms with E-state index in [1.807, 2.05) is 0 Å². The molecule has 2 aromatic heterocycles. The van der Waals surface area contributed by atoms with Crippen LogP contribution < -0.4 is 0 Å². The number of amides is 1. The van der Waals surface area contributed by atoms with Gasteiger partial charge < -0.3 is 10.0 Å². The van der Waals surface area contributed by atoms with E-state index in [4.69, 9.17) is 0 Å². The summed E-state index contributed by atoms with van der Waals surface area (Å²) in [6.45, 7) is 5.30. The Morgan fingerprint density at radius 1 is 1.16 bits per heavy atom. The van der Waals surface area contributed by atoms with Crippen LogP contribution in [0.5, 0.6) is 0 Å². The van der Waals surface area contributed by atoms with Gasteiger partial charge in [-0.2, -0.15) is 9.49 Å². The van der Waals surface area contributed by atoms with E-state index in [9.17, 15) is 27.1 Å². The van der Waals surface area contributed by atoms with E-state index < -0.39 is 44.2 Å². The summed E-state index contributed by atoms with van der Waals surface area (Å²) in [6.07, 6.45) is -0.0539. The lowest BCUT2D eigenvalue weighted by Crippen LogP contribution is -2.37. The van der Waals surface area contributed by atoms with Crippen molar-refractivity contribution in [1.29, 1.82) is 0 Å². The lowest BCUT2D eigenvalue weighted by molar-refractivity contribution is 0.0965. The van der Waals surface area contributed by atoms with Gasteiger partial charge in [0, 0.05) is 19.3 Å². The normalized spacial score (nSPS) is 13.1. The summed E-state index contributed by atoms with van der Waals surface area (Å²) in [5.74, 6) is -1.74. The van der Waals surface area contributed by atoms with Gasteiger partial charge in [0.1, 0.15) is 11.5 Å². The fourth-order valence-electron chi connectivity index (χ4n) is 3.50. The molecule has 1 aromatic carbocycles. The van der Waals surface area contributed by atoms with Gasteiger partial charge in [-0.15, -0.1) is 0 Å². The third kappa shape index (κ3) is 4.33. The molecule has 0 saturated heterocycles. The van der Waals surface area contributed by atoms with Crippen LogP contribution in [0.15, 0.2) is 58.6 Å². The monoisotopic (exact) mass is 464 g/mol. The molecule has 1 N–H and O–H groups in total. The van der Waals surface area contributed by atoms with E-state index in [-0.39, 0.29) is 16.3 Å². The number of benzene rings is 1. The van der Waals surface area contributed by atoms with Crippen LogP contribution in [-0.2, 0) is 9.84 Å². The summed E-state index contributed by atoms with van der Waals surface area (Å²) in [7, 11) is -3.03. The Morgan fingerprint density at radius 2 is 1.84 bits per heavy atom. The van der Waals surface area contributed by atoms with Gasteiger partial charge in [0.2, 0.25) is 15.8 Å². The highest BCUT2D eigenvalue weighted by molar-refractivity contribution is 7.91. The van der Waals surface area contributed by atoms with Crippen LogP contribution in [0.2, 0.25) is 0 Å². The van der Waals surface area contributed by atoms with Crippen molar-refractivity contribution in [2.75, 3.05) is 7.05 Å². The predicted octanol–water partition coefficient (Wildman–Crippen LogP) is 4.08. The summed E-state index contributed by atoms with van der Waals surface area (Å²) < 4.78 is 55.9. The number of rotatable bonds is 5. The van der Waals surface area contributed by atoms with Gasteiger partial charge >= 0.3 is 6.09 Å². The molecule has 0 spiro atoms. The fraction of sp³-hybridized carbons (Fsp3) is 0.286. The highest BCUT2D eigenvalue weighted by Crippen LogP contribution is 2.38. The number of hydrogen-bond acceptors (Lipinski definition) is 5. The first kappa shape index (κ1) is 23.3. The molecule has 32 heavy (non-hydrogen) atoms. The third-order valence-corrected chi connectivity index (χ3v) is 6.55. The maximum atomic E-state index is 14.5. The minimum absolute atomic E-state index is 0.0839. The number of aromatic nitrogens is 3. The average molecular weight is 464 g/mol. The van der Waals surface area contributed by atoms with Crippen molar-refractivity contribution < 1.29 is 27.1 Å². The van der Waals surface area contributed by atoms with E-state index in [2.05, 4.69) is 10.1 Å². The number of pyridine rings is 1. The molecular weight excluding hydrogens is 442 g/mol. The predicted molar refractivity (Wildman–Crippen MR) is 111 cm³/mol. The van der Waals surface area contributed by atoms with Gasteiger partial charge in [-0.3, -0.25) is 0 Å². The summed E-state index contributed by atoms with van der Waals surface area (Å²) in [5, 5.41) is 13.4. The van der Waals surface area contributed by atoms with Crippen LogP contribution in [0.3, 0.4) is 0 Å². The number of nitrogens with zero attached hydrogens (tertiary/aromatic N) is 4. The Balaban J connectivity index is 2.33. The minimum Gasteiger partial charge on any atom is -0.465 e. The average Bonchev–Trinajstić information content (AvgIpc) is 3.12. The van der Waals surface area contributed by atoms with Gasteiger partial charge in [-0.25, -0.2) is 27.3 Å². The molecule has 0 aliphatic carbocycles. The first-order valence-corrected chi connectivity index (χ1v) is 11.0. The van der Waals surface area contributed by atoms with Crippen LogP contribution in [0.25, 0.3) is 5.69 Å². The minimum atomic E-state index is -4.36. The largest absolute Gasteiger partial charge is 0.465 e. The molecule has 0 fully saturated rings. The van der Waals surface area contributed by atoms with Gasteiger partial charge in [-0.1, -0.05) is 26.8 Å². The summed E-state index contributed by atoms with van der Waals surface area (Å²) >= 11 is 0. The molecule has 11 heteroatoms. The second-order valence-corrected chi connectivity index (χ2v) is 10.2. The van der Waals surface area contributed by atoms with Crippen LogP contribution >= 0.6 is 0 Å². The number of halogens is 2. The molecule has 170 valence electrons. The first-order valence-electron chi connectivity index (χ1n) is 9.51. The van der Waals surface area contributed by atoms with Crippen molar-refractivity contribution in [3.63, 3.8) is 0 Å². The first-order chi connectivity index (χ1) is 14.8. The molecule has 2 heterocycles. The van der Waals surface area contributed by atoms with E-state index in [1.54, 1.807) is 20.8 Å². The van der Waals surface area contributed by atoms with E-state index >= 15 is 0 Å². The SMILES string of the molecule is CN(C(=O)O)C(c1cc(S(=O)(=O)c2cccc(F)c2)n(-c2cccnc2F)n1)C(C)(C)C. The quantitative estimate of drug-likeness (QED) is 0.571. The zero-order valence-electron chi connectivity index (χ0n) is 17.8. The van der Waals surface area contributed by atoms with Crippen molar-refractivity contribution in [2.24, 2.45) is 5.41 Å². The van der Waals surface area contributed by atoms with Crippen LogP contribution in [0.1, 0.15) is 32.5 Å². The molecule has 0 aliphatic heterocycles. The molecule has 8 nitrogen and oxygen atoms in total. The van der Waals surface area contributed by atoms with Crippen molar-refractivity contribution in [2.45, 2.75) is 36.7 Å². The summed E-state index contributed by atoms with van der Waals surface area (Å²) in [4.78, 5) is 15.9. The molecule has 3 rings (SSSR count).